The minimum absolute atomic E-state index is 0.0813. The van der Waals surface area contributed by atoms with Crippen molar-refractivity contribution < 1.29 is 13.7 Å². The number of benzene rings is 2. The quantitative estimate of drug-likeness (QED) is 0.234. The van der Waals surface area contributed by atoms with E-state index in [9.17, 15) is 4.79 Å². The van der Waals surface area contributed by atoms with Crippen LogP contribution in [0.2, 0.25) is 5.04 Å². The molecule has 4 aromatic rings. The van der Waals surface area contributed by atoms with E-state index in [1.54, 1.807) is 6.07 Å². The largest absolute Gasteiger partial charge is 0.404 e. The highest BCUT2D eigenvalue weighted by Crippen LogP contribution is 2.46. The number of carbonyl (C=O) groups is 1. The molecule has 0 radical (unpaired) electrons. The maximum atomic E-state index is 13.0. The standard InChI is InChI=1S/C35H46N4O3Si/c1-25-21-27(41-38-25)22-32(40)36-31-23-30(37-39(31)33(2,3)4)35(8)20-19-26(24-35)42-43(34(5,6)7,28-15-11-9-12-16-28)29-17-13-10-14-18-29/h9-18,21,23,26H,19-20,22,24H2,1-8H3,(H,36,40). The Kier molecular flexibility index (Phi) is 8.31. The molecule has 43 heavy (non-hydrogen) atoms. The van der Waals surface area contributed by atoms with Crippen LogP contribution in [0.25, 0.3) is 0 Å². The first-order valence-electron chi connectivity index (χ1n) is 15.3. The first kappa shape index (κ1) is 30.9. The molecule has 1 amide bonds. The van der Waals surface area contributed by atoms with Crippen LogP contribution in [-0.2, 0) is 26.6 Å². The summed E-state index contributed by atoms with van der Waals surface area (Å²) in [6.07, 6.45) is 2.99. The van der Waals surface area contributed by atoms with Gasteiger partial charge >= 0.3 is 0 Å². The van der Waals surface area contributed by atoms with Crippen molar-refractivity contribution in [1.29, 1.82) is 0 Å². The van der Waals surface area contributed by atoms with Gasteiger partial charge in [0, 0.05) is 23.7 Å². The number of rotatable bonds is 8. The molecule has 1 fully saturated rings. The highest BCUT2D eigenvalue weighted by atomic mass is 28.4. The molecule has 2 aromatic carbocycles. The van der Waals surface area contributed by atoms with E-state index in [0.29, 0.717) is 11.6 Å². The van der Waals surface area contributed by atoms with Crippen LogP contribution >= 0.6 is 0 Å². The number of carbonyl (C=O) groups excluding carboxylic acids is 1. The maximum absolute atomic E-state index is 13.0. The Bertz CT molecular complexity index is 1510. The topological polar surface area (TPSA) is 82.2 Å². The summed E-state index contributed by atoms with van der Waals surface area (Å²) in [6, 6.07) is 25.5. The first-order valence-corrected chi connectivity index (χ1v) is 17.2. The van der Waals surface area contributed by atoms with Gasteiger partial charge < -0.3 is 14.3 Å². The zero-order valence-corrected chi connectivity index (χ0v) is 27.9. The molecule has 1 aliphatic carbocycles. The molecule has 2 heterocycles. The normalized spacial score (nSPS) is 19.5. The molecule has 2 unspecified atom stereocenters. The SMILES string of the molecule is Cc1cc(CC(=O)Nc2cc(C3(C)CCC(O[Si](c4ccccc4)(c4ccccc4)C(C)(C)C)C3)nn2C(C)(C)C)on1. The number of nitrogens with one attached hydrogen (secondary N) is 1. The van der Waals surface area contributed by atoms with Gasteiger partial charge in [0.15, 0.2) is 0 Å². The fourth-order valence-corrected chi connectivity index (χ4v) is 11.3. The Morgan fingerprint density at radius 2 is 1.63 bits per heavy atom. The molecule has 5 rings (SSSR count). The smallest absolute Gasteiger partial charge is 0.261 e. The summed E-state index contributed by atoms with van der Waals surface area (Å²) in [5.41, 5.74) is 1.24. The second-order valence-corrected chi connectivity index (χ2v) is 18.6. The molecule has 1 saturated carbocycles. The van der Waals surface area contributed by atoms with E-state index in [0.717, 1.165) is 30.7 Å². The first-order chi connectivity index (χ1) is 20.2. The average Bonchev–Trinajstić information content (AvgIpc) is 3.66. The van der Waals surface area contributed by atoms with E-state index < -0.39 is 8.32 Å². The summed E-state index contributed by atoms with van der Waals surface area (Å²) < 4.78 is 14.7. The van der Waals surface area contributed by atoms with E-state index in [4.69, 9.17) is 14.0 Å². The molecule has 7 nitrogen and oxygen atoms in total. The van der Waals surface area contributed by atoms with Crippen LogP contribution in [0.5, 0.6) is 0 Å². The van der Waals surface area contributed by atoms with E-state index in [1.165, 1.54) is 10.4 Å². The highest BCUT2D eigenvalue weighted by molar-refractivity contribution is 6.99. The minimum Gasteiger partial charge on any atom is -0.404 e. The molecular weight excluding hydrogens is 552 g/mol. The highest BCUT2D eigenvalue weighted by Gasteiger charge is 2.53. The van der Waals surface area contributed by atoms with Crippen molar-refractivity contribution in [1.82, 2.24) is 14.9 Å². The van der Waals surface area contributed by atoms with Crippen LogP contribution in [0.1, 0.15) is 84.9 Å². The van der Waals surface area contributed by atoms with Gasteiger partial charge in [-0.3, -0.25) is 4.79 Å². The summed E-state index contributed by atoms with van der Waals surface area (Å²) >= 11 is 0. The maximum Gasteiger partial charge on any atom is 0.261 e. The van der Waals surface area contributed by atoms with Crippen molar-refractivity contribution in [3.8, 4) is 0 Å². The molecule has 0 saturated heterocycles. The minimum atomic E-state index is -2.67. The number of aromatic nitrogens is 3. The van der Waals surface area contributed by atoms with Gasteiger partial charge in [-0.05, 0) is 62.4 Å². The van der Waals surface area contributed by atoms with Gasteiger partial charge in [-0.15, -0.1) is 0 Å². The fraction of sp³-hybridized carbons (Fsp3) is 0.457. The molecule has 2 aromatic heterocycles. The zero-order valence-electron chi connectivity index (χ0n) is 26.9. The van der Waals surface area contributed by atoms with Crippen molar-refractivity contribution in [2.45, 2.75) is 103 Å². The molecule has 0 bridgehead atoms. The van der Waals surface area contributed by atoms with E-state index in [-0.39, 0.29) is 34.4 Å². The van der Waals surface area contributed by atoms with Gasteiger partial charge in [-0.1, -0.05) is 93.5 Å². The van der Waals surface area contributed by atoms with Gasteiger partial charge in [0.25, 0.3) is 8.32 Å². The van der Waals surface area contributed by atoms with Crippen molar-refractivity contribution in [2.75, 3.05) is 5.32 Å². The Hall–Kier alpha value is -3.49. The molecular formula is C35H46N4O3Si. The van der Waals surface area contributed by atoms with Gasteiger partial charge in [0.05, 0.1) is 23.3 Å². The molecule has 0 spiro atoms. The van der Waals surface area contributed by atoms with Crippen molar-refractivity contribution in [3.63, 3.8) is 0 Å². The summed E-state index contributed by atoms with van der Waals surface area (Å²) in [4.78, 5) is 13.0. The van der Waals surface area contributed by atoms with Crippen LogP contribution in [0, 0.1) is 6.92 Å². The van der Waals surface area contributed by atoms with Crippen LogP contribution in [0.15, 0.2) is 77.3 Å². The van der Waals surface area contributed by atoms with Crippen LogP contribution < -0.4 is 15.7 Å². The van der Waals surface area contributed by atoms with Crippen molar-refractivity contribution >= 4 is 30.4 Å². The molecule has 0 aliphatic heterocycles. The lowest BCUT2D eigenvalue weighted by atomic mass is 9.85. The second-order valence-electron chi connectivity index (χ2n) is 14.4. The van der Waals surface area contributed by atoms with Gasteiger partial charge in [-0.25, -0.2) is 4.68 Å². The Balaban J connectivity index is 1.44. The number of anilines is 1. The van der Waals surface area contributed by atoms with Crippen LogP contribution in [0.3, 0.4) is 0 Å². The number of hydrogen-bond acceptors (Lipinski definition) is 5. The Morgan fingerprint density at radius 3 is 2.14 bits per heavy atom. The monoisotopic (exact) mass is 598 g/mol. The third-order valence-electron chi connectivity index (χ3n) is 8.70. The average molecular weight is 599 g/mol. The number of aryl methyl sites for hydroxylation is 1. The molecule has 2 atom stereocenters. The lowest BCUT2D eigenvalue weighted by Gasteiger charge is -2.45. The van der Waals surface area contributed by atoms with E-state index in [1.807, 2.05) is 11.6 Å². The Morgan fingerprint density at radius 1 is 1.02 bits per heavy atom. The summed E-state index contributed by atoms with van der Waals surface area (Å²) in [5, 5.41) is 14.6. The predicted molar refractivity (Wildman–Crippen MR) is 174 cm³/mol. The fourth-order valence-electron chi connectivity index (χ4n) is 6.58. The van der Waals surface area contributed by atoms with E-state index >= 15 is 0 Å². The third-order valence-corrected chi connectivity index (χ3v) is 13.8. The van der Waals surface area contributed by atoms with Crippen molar-refractivity contribution in [2.24, 2.45) is 0 Å². The summed E-state index contributed by atoms with van der Waals surface area (Å²) in [5.74, 6) is 1.09. The molecule has 228 valence electrons. The number of nitrogens with zero attached hydrogens (tertiary/aromatic N) is 3. The third kappa shape index (κ3) is 6.27. The second kappa shape index (κ2) is 11.5. The number of hydrogen-bond donors (Lipinski definition) is 1. The molecule has 8 heteroatoms. The van der Waals surface area contributed by atoms with Crippen LogP contribution in [0.4, 0.5) is 5.82 Å². The zero-order chi connectivity index (χ0) is 31.0. The van der Waals surface area contributed by atoms with E-state index in [2.05, 4.69) is 126 Å². The lowest BCUT2D eigenvalue weighted by Crippen LogP contribution is -2.67. The van der Waals surface area contributed by atoms with Gasteiger partial charge in [0.2, 0.25) is 5.91 Å². The molecule has 1 N–H and O–H groups in total. The summed E-state index contributed by atoms with van der Waals surface area (Å²) in [7, 11) is -2.67. The van der Waals surface area contributed by atoms with Gasteiger partial charge in [0.1, 0.15) is 11.6 Å². The van der Waals surface area contributed by atoms with Gasteiger partial charge in [-0.2, -0.15) is 5.10 Å². The van der Waals surface area contributed by atoms with Crippen LogP contribution in [-0.4, -0.2) is 35.3 Å². The molecule has 1 aliphatic rings. The predicted octanol–water partition coefficient (Wildman–Crippen LogP) is 6.50. The van der Waals surface area contributed by atoms with Crippen molar-refractivity contribution in [3.05, 3.63) is 89.9 Å². The Labute approximate surface area is 257 Å². The number of amides is 1. The summed E-state index contributed by atoms with van der Waals surface area (Å²) in [6.45, 7) is 17.4. The lowest BCUT2D eigenvalue weighted by molar-refractivity contribution is -0.115.